The van der Waals surface area contributed by atoms with E-state index in [1.54, 1.807) is 32.4 Å². The molecule has 3 aromatic carbocycles. The first-order chi connectivity index (χ1) is 16.6. The molecule has 1 aromatic heterocycles. The maximum absolute atomic E-state index is 13.5. The number of para-hydroxylation sites is 1. The third kappa shape index (κ3) is 3.75. The van der Waals surface area contributed by atoms with Crippen LogP contribution >= 0.6 is 0 Å². The summed E-state index contributed by atoms with van der Waals surface area (Å²) >= 11 is 0. The molecule has 172 valence electrons. The van der Waals surface area contributed by atoms with Gasteiger partial charge in [-0.3, -0.25) is 9.89 Å². The molecule has 2 heterocycles. The molecule has 0 spiro atoms. The van der Waals surface area contributed by atoms with Crippen LogP contribution in [0.4, 0.5) is 0 Å². The fourth-order valence-electron chi connectivity index (χ4n) is 4.48. The van der Waals surface area contributed by atoms with Gasteiger partial charge in [0.25, 0.3) is 5.91 Å². The summed E-state index contributed by atoms with van der Waals surface area (Å²) in [5, 5.41) is 17.8. The van der Waals surface area contributed by atoms with Gasteiger partial charge in [0, 0.05) is 17.7 Å². The molecule has 0 bridgehead atoms. The number of aromatic amines is 1. The number of rotatable bonds is 7. The van der Waals surface area contributed by atoms with Gasteiger partial charge in [0.05, 0.1) is 20.3 Å². The lowest BCUT2D eigenvalue weighted by molar-refractivity contribution is 0.0746. The lowest BCUT2D eigenvalue weighted by Crippen LogP contribution is -2.31. The number of H-pyrrole nitrogens is 1. The Morgan fingerprint density at radius 2 is 1.59 bits per heavy atom. The number of aromatic hydroxyl groups is 1. The summed E-state index contributed by atoms with van der Waals surface area (Å²) in [6.45, 7) is 0.518. The Hall–Kier alpha value is -4.26. The minimum atomic E-state index is -0.347. The number of carbonyl (C=O) groups excluding carboxylic acids is 1. The number of aromatic nitrogens is 2. The monoisotopic (exact) mass is 455 g/mol. The summed E-state index contributed by atoms with van der Waals surface area (Å²) in [7, 11) is 3.26. The summed E-state index contributed by atoms with van der Waals surface area (Å²) in [4.78, 5) is 15.4. The highest BCUT2D eigenvalue weighted by atomic mass is 16.5. The van der Waals surface area contributed by atoms with Crippen LogP contribution in [0.15, 0.2) is 72.8 Å². The third-order valence-electron chi connectivity index (χ3n) is 6.25. The van der Waals surface area contributed by atoms with E-state index in [0.717, 1.165) is 28.2 Å². The van der Waals surface area contributed by atoms with Crippen LogP contribution in [0.5, 0.6) is 17.2 Å². The molecule has 4 aromatic rings. The van der Waals surface area contributed by atoms with Crippen LogP contribution in [-0.4, -0.2) is 46.9 Å². The highest BCUT2D eigenvalue weighted by Crippen LogP contribution is 2.44. The van der Waals surface area contributed by atoms with Crippen molar-refractivity contribution >= 4 is 5.91 Å². The molecular weight excluding hydrogens is 430 g/mol. The third-order valence-corrected chi connectivity index (χ3v) is 6.25. The van der Waals surface area contributed by atoms with Crippen molar-refractivity contribution in [1.82, 2.24) is 15.1 Å². The summed E-state index contributed by atoms with van der Waals surface area (Å²) in [6, 6.07) is 22.3. The fourth-order valence-corrected chi connectivity index (χ4v) is 4.48. The first-order valence-corrected chi connectivity index (χ1v) is 11.0. The van der Waals surface area contributed by atoms with Gasteiger partial charge in [-0.25, -0.2) is 0 Å². The fraction of sp³-hybridized carbons (Fsp3) is 0.185. The van der Waals surface area contributed by atoms with Gasteiger partial charge in [-0.2, -0.15) is 5.10 Å². The Balaban J connectivity index is 1.54. The van der Waals surface area contributed by atoms with Crippen molar-refractivity contribution in [3.05, 3.63) is 95.2 Å². The summed E-state index contributed by atoms with van der Waals surface area (Å²) in [6.07, 6.45) is 0.687. The summed E-state index contributed by atoms with van der Waals surface area (Å²) in [5.74, 6) is 1.55. The lowest BCUT2D eigenvalue weighted by atomic mass is 9.95. The van der Waals surface area contributed by atoms with E-state index in [1.807, 2.05) is 59.5 Å². The van der Waals surface area contributed by atoms with Gasteiger partial charge in [-0.05, 0) is 53.9 Å². The molecule has 1 amide bonds. The van der Waals surface area contributed by atoms with Crippen LogP contribution < -0.4 is 9.47 Å². The van der Waals surface area contributed by atoms with Gasteiger partial charge in [-0.1, -0.05) is 36.4 Å². The zero-order valence-corrected chi connectivity index (χ0v) is 19.0. The van der Waals surface area contributed by atoms with Gasteiger partial charge in [0.2, 0.25) is 0 Å². The number of hydrogen-bond acceptors (Lipinski definition) is 5. The Bertz CT molecular complexity index is 1310. The standard InChI is InChI=1S/C27H25N3O4/c1-33-19-11-7-17(8-12-19)15-16-30-26(18-9-13-20(34-2)14-10-18)23-24(28-29-25(23)27(30)32)21-5-3-4-6-22(21)31/h3-14,26,31H,15-16H2,1-2H3,(H,28,29)/t26-/m0/s1. The van der Waals surface area contributed by atoms with E-state index in [1.165, 1.54) is 0 Å². The first kappa shape index (κ1) is 21.6. The van der Waals surface area contributed by atoms with E-state index in [2.05, 4.69) is 10.2 Å². The quantitative estimate of drug-likeness (QED) is 0.426. The number of hydrogen-bond donors (Lipinski definition) is 2. The Labute approximate surface area is 197 Å². The van der Waals surface area contributed by atoms with E-state index in [9.17, 15) is 9.90 Å². The molecule has 0 saturated carbocycles. The van der Waals surface area contributed by atoms with Gasteiger partial charge in [0.15, 0.2) is 0 Å². The predicted octanol–water partition coefficient (Wildman–Crippen LogP) is 4.59. The van der Waals surface area contributed by atoms with Crippen molar-refractivity contribution in [2.75, 3.05) is 20.8 Å². The van der Waals surface area contributed by atoms with Crippen LogP contribution in [-0.2, 0) is 6.42 Å². The molecule has 0 radical (unpaired) electrons. The average molecular weight is 456 g/mol. The van der Waals surface area contributed by atoms with Gasteiger partial charge in [-0.15, -0.1) is 0 Å². The lowest BCUT2D eigenvalue weighted by Gasteiger charge is -2.26. The molecule has 0 aliphatic carbocycles. The Morgan fingerprint density at radius 1 is 0.941 bits per heavy atom. The molecule has 5 rings (SSSR count). The van der Waals surface area contributed by atoms with Crippen molar-refractivity contribution < 1.29 is 19.4 Å². The highest BCUT2D eigenvalue weighted by molar-refractivity contribution is 6.00. The number of carbonyl (C=O) groups is 1. The predicted molar refractivity (Wildman–Crippen MR) is 128 cm³/mol. The number of nitrogens with one attached hydrogen (secondary N) is 1. The second-order valence-corrected chi connectivity index (χ2v) is 8.15. The van der Waals surface area contributed by atoms with Crippen molar-refractivity contribution in [3.63, 3.8) is 0 Å². The van der Waals surface area contributed by atoms with E-state index < -0.39 is 0 Å². The van der Waals surface area contributed by atoms with E-state index >= 15 is 0 Å². The second kappa shape index (κ2) is 8.94. The van der Waals surface area contributed by atoms with E-state index in [0.29, 0.717) is 29.9 Å². The van der Waals surface area contributed by atoms with E-state index in [4.69, 9.17) is 9.47 Å². The number of nitrogens with zero attached hydrogens (tertiary/aromatic N) is 2. The maximum Gasteiger partial charge on any atom is 0.273 e. The number of ether oxygens (including phenoxy) is 2. The maximum atomic E-state index is 13.5. The van der Waals surface area contributed by atoms with Crippen molar-refractivity contribution in [3.8, 4) is 28.5 Å². The summed E-state index contributed by atoms with van der Waals surface area (Å²) in [5.41, 5.74) is 4.44. The number of phenolic OH excluding ortho intramolecular Hbond substituents is 1. The largest absolute Gasteiger partial charge is 0.507 e. The van der Waals surface area contributed by atoms with Crippen molar-refractivity contribution in [2.24, 2.45) is 0 Å². The molecule has 34 heavy (non-hydrogen) atoms. The van der Waals surface area contributed by atoms with Crippen LogP contribution in [0.1, 0.15) is 33.2 Å². The smallest absolute Gasteiger partial charge is 0.273 e. The van der Waals surface area contributed by atoms with E-state index in [-0.39, 0.29) is 17.7 Å². The van der Waals surface area contributed by atoms with Crippen LogP contribution in [0.3, 0.4) is 0 Å². The molecule has 7 nitrogen and oxygen atoms in total. The molecule has 7 heteroatoms. The molecule has 1 aliphatic heterocycles. The van der Waals surface area contributed by atoms with Crippen LogP contribution in [0.2, 0.25) is 0 Å². The molecule has 1 atom stereocenters. The second-order valence-electron chi connectivity index (χ2n) is 8.15. The molecule has 0 fully saturated rings. The van der Waals surface area contributed by atoms with Crippen LogP contribution in [0, 0.1) is 0 Å². The molecule has 1 aliphatic rings. The topological polar surface area (TPSA) is 87.7 Å². The molecular formula is C27H25N3O4. The number of methoxy groups -OCH3 is 2. The molecule has 2 N–H and O–H groups in total. The number of phenols is 1. The zero-order valence-electron chi connectivity index (χ0n) is 19.0. The number of benzene rings is 3. The molecule has 0 saturated heterocycles. The van der Waals surface area contributed by atoms with Gasteiger partial charge < -0.3 is 19.5 Å². The minimum absolute atomic E-state index is 0.112. The van der Waals surface area contributed by atoms with Crippen LogP contribution in [0.25, 0.3) is 11.3 Å². The summed E-state index contributed by atoms with van der Waals surface area (Å²) < 4.78 is 10.6. The van der Waals surface area contributed by atoms with Gasteiger partial charge >= 0.3 is 0 Å². The Kier molecular flexibility index (Phi) is 5.67. The first-order valence-electron chi connectivity index (χ1n) is 11.0. The van der Waals surface area contributed by atoms with Crippen molar-refractivity contribution in [1.29, 1.82) is 0 Å². The normalized spacial score (nSPS) is 14.8. The van der Waals surface area contributed by atoms with Gasteiger partial charge in [0.1, 0.15) is 28.6 Å². The number of fused-ring (bicyclic) bond motifs is 1. The average Bonchev–Trinajstić information content (AvgIpc) is 3.42. The van der Waals surface area contributed by atoms with Crippen molar-refractivity contribution in [2.45, 2.75) is 12.5 Å². The highest BCUT2D eigenvalue weighted by Gasteiger charge is 2.42. The zero-order chi connectivity index (χ0) is 23.7. The minimum Gasteiger partial charge on any atom is -0.507 e. The SMILES string of the molecule is COc1ccc(CCN2C(=O)c3[nH]nc(-c4ccccc4O)c3[C@@H]2c2ccc(OC)cc2)cc1. The Morgan fingerprint density at radius 3 is 2.24 bits per heavy atom. The molecule has 0 unspecified atom stereocenters. The number of amides is 1.